The molecule has 2 N–H and O–H groups in total. The van der Waals surface area contributed by atoms with Crippen molar-refractivity contribution < 1.29 is 4.79 Å². The predicted molar refractivity (Wildman–Crippen MR) is 85.0 cm³/mol. The molecule has 3 nitrogen and oxygen atoms in total. The van der Waals surface area contributed by atoms with Crippen molar-refractivity contribution in [3.8, 4) is 0 Å². The molecular formula is C16H22N2OS. The van der Waals surface area contributed by atoms with Gasteiger partial charge >= 0.3 is 0 Å². The van der Waals surface area contributed by atoms with Gasteiger partial charge < -0.3 is 5.73 Å². The van der Waals surface area contributed by atoms with Crippen molar-refractivity contribution >= 4 is 27.3 Å². The third-order valence-electron chi connectivity index (χ3n) is 3.51. The van der Waals surface area contributed by atoms with Gasteiger partial charge in [-0.05, 0) is 31.9 Å². The van der Waals surface area contributed by atoms with E-state index in [2.05, 4.69) is 4.98 Å². The van der Waals surface area contributed by atoms with Gasteiger partial charge in [0.05, 0.1) is 16.6 Å². The van der Waals surface area contributed by atoms with Crippen molar-refractivity contribution in [3.63, 3.8) is 0 Å². The average molecular weight is 290 g/mol. The topological polar surface area (TPSA) is 56.0 Å². The molecule has 0 saturated heterocycles. The Morgan fingerprint density at radius 2 is 2.05 bits per heavy atom. The molecule has 1 aromatic heterocycles. The zero-order chi connectivity index (χ0) is 14.5. The van der Waals surface area contributed by atoms with Crippen LogP contribution in [0.4, 0.5) is 0 Å². The van der Waals surface area contributed by atoms with E-state index in [0.29, 0.717) is 6.42 Å². The number of ketones is 1. The van der Waals surface area contributed by atoms with Crippen LogP contribution in [0.5, 0.6) is 0 Å². The van der Waals surface area contributed by atoms with E-state index in [4.69, 9.17) is 5.73 Å². The molecule has 1 heterocycles. The van der Waals surface area contributed by atoms with Crippen LogP contribution in [-0.2, 0) is 11.2 Å². The van der Waals surface area contributed by atoms with Gasteiger partial charge in [0.1, 0.15) is 10.8 Å². The van der Waals surface area contributed by atoms with Gasteiger partial charge in [-0.3, -0.25) is 4.79 Å². The van der Waals surface area contributed by atoms with Gasteiger partial charge in [-0.15, -0.1) is 11.3 Å². The Labute approximate surface area is 124 Å². The summed E-state index contributed by atoms with van der Waals surface area (Å²) in [5, 5.41) is 0.926. The number of hydrogen-bond acceptors (Lipinski definition) is 4. The second-order valence-corrected chi connectivity index (χ2v) is 6.64. The van der Waals surface area contributed by atoms with Gasteiger partial charge in [-0.25, -0.2) is 4.98 Å². The van der Waals surface area contributed by atoms with E-state index in [0.717, 1.165) is 34.5 Å². The molecule has 0 aliphatic carbocycles. The van der Waals surface area contributed by atoms with Crippen LogP contribution in [-0.4, -0.2) is 16.8 Å². The summed E-state index contributed by atoms with van der Waals surface area (Å²) in [4.78, 5) is 16.7. The zero-order valence-corrected chi connectivity index (χ0v) is 13.0. The molecule has 0 fully saturated rings. The molecule has 1 aromatic carbocycles. The van der Waals surface area contributed by atoms with Crippen LogP contribution in [0.2, 0.25) is 0 Å². The summed E-state index contributed by atoms with van der Waals surface area (Å²) in [6, 6.07) is 8.24. The number of aromatic nitrogens is 1. The Balaban J connectivity index is 1.90. The maximum atomic E-state index is 12.2. The number of thiazole rings is 1. The highest BCUT2D eigenvalue weighted by atomic mass is 32.1. The molecule has 0 radical (unpaired) electrons. The molecule has 108 valence electrons. The van der Waals surface area contributed by atoms with Crippen molar-refractivity contribution in [2.24, 2.45) is 11.7 Å². The molecule has 0 aliphatic heterocycles. The largest absolute Gasteiger partial charge is 0.328 e. The van der Waals surface area contributed by atoms with Crippen LogP contribution in [0.3, 0.4) is 0 Å². The Hall–Kier alpha value is -1.26. The zero-order valence-electron chi connectivity index (χ0n) is 12.1. The molecule has 0 spiro atoms. The summed E-state index contributed by atoms with van der Waals surface area (Å²) in [6.45, 7) is 4.02. The molecule has 4 heteroatoms. The molecular weight excluding hydrogens is 268 g/mol. The number of nitrogens with zero attached hydrogens (tertiary/aromatic N) is 1. The van der Waals surface area contributed by atoms with Gasteiger partial charge in [0, 0.05) is 12.0 Å². The van der Waals surface area contributed by atoms with Gasteiger partial charge in [-0.1, -0.05) is 25.5 Å². The summed E-state index contributed by atoms with van der Waals surface area (Å²) in [5.41, 5.74) is 6.72. The summed E-state index contributed by atoms with van der Waals surface area (Å²) < 4.78 is 1.15. The SMILES string of the molecule is CC(N)CCCC(C)C(=O)Cc1nc2ccccc2s1. The first-order chi connectivity index (χ1) is 9.56. The molecule has 2 atom stereocenters. The Morgan fingerprint density at radius 1 is 1.30 bits per heavy atom. The van der Waals surface area contributed by atoms with Crippen molar-refractivity contribution in [1.29, 1.82) is 0 Å². The van der Waals surface area contributed by atoms with Crippen LogP contribution >= 0.6 is 11.3 Å². The minimum atomic E-state index is 0.0979. The molecule has 2 aromatic rings. The standard InChI is InChI=1S/C16H22N2OS/c1-11(6-5-7-12(2)17)14(19)10-16-18-13-8-3-4-9-15(13)20-16/h3-4,8-9,11-12H,5-7,10,17H2,1-2H3. The second-order valence-electron chi connectivity index (χ2n) is 5.53. The van der Waals surface area contributed by atoms with Gasteiger partial charge in [0.2, 0.25) is 0 Å². The van der Waals surface area contributed by atoms with Crippen molar-refractivity contribution in [1.82, 2.24) is 4.98 Å². The number of carbonyl (C=O) groups excluding carboxylic acids is 1. The molecule has 0 bridgehead atoms. The normalized spacial score (nSPS) is 14.3. The molecule has 20 heavy (non-hydrogen) atoms. The third-order valence-corrected chi connectivity index (χ3v) is 4.55. The summed E-state index contributed by atoms with van der Waals surface area (Å²) in [5.74, 6) is 0.384. The van der Waals surface area contributed by atoms with Crippen LogP contribution in [0.15, 0.2) is 24.3 Å². The summed E-state index contributed by atoms with van der Waals surface area (Å²) in [6.07, 6.45) is 3.38. The summed E-state index contributed by atoms with van der Waals surface area (Å²) in [7, 11) is 0. The van der Waals surface area contributed by atoms with E-state index in [-0.39, 0.29) is 17.7 Å². The first kappa shape index (κ1) is 15.1. The average Bonchev–Trinajstić information content (AvgIpc) is 2.80. The number of para-hydroxylation sites is 1. The van der Waals surface area contributed by atoms with Gasteiger partial charge in [0.15, 0.2) is 0 Å². The lowest BCUT2D eigenvalue weighted by Gasteiger charge is -2.10. The maximum absolute atomic E-state index is 12.2. The second kappa shape index (κ2) is 6.95. The van der Waals surface area contributed by atoms with E-state index in [1.54, 1.807) is 11.3 Å². The maximum Gasteiger partial charge on any atom is 0.142 e. The molecule has 0 saturated carbocycles. The summed E-state index contributed by atoms with van der Waals surface area (Å²) >= 11 is 1.62. The minimum Gasteiger partial charge on any atom is -0.328 e. The highest BCUT2D eigenvalue weighted by molar-refractivity contribution is 7.18. The van der Waals surface area contributed by atoms with Gasteiger partial charge in [0.25, 0.3) is 0 Å². The number of carbonyl (C=O) groups is 1. The smallest absolute Gasteiger partial charge is 0.142 e. The Bertz CT molecular complexity index is 544. The fourth-order valence-electron chi connectivity index (χ4n) is 2.23. The van der Waals surface area contributed by atoms with Crippen LogP contribution in [0, 0.1) is 5.92 Å². The first-order valence-electron chi connectivity index (χ1n) is 7.19. The number of benzene rings is 1. The Kier molecular flexibility index (Phi) is 5.26. The van der Waals surface area contributed by atoms with Crippen LogP contribution in [0.1, 0.15) is 38.1 Å². The molecule has 0 amide bonds. The van der Waals surface area contributed by atoms with E-state index < -0.39 is 0 Å². The molecule has 2 rings (SSSR count). The van der Waals surface area contributed by atoms with Crippen LogP contribution in [0.25, 0.3) is 10.2 Å². The highest BCUT2D eigenvalue weighted by Crippen LogP contribution is 2.23. The van der Waals surface area contributed by atoms with E-state index >= 15 is 0 Å². The Morgan fingerprint density at radius 3 is 2.75 bits per heavy atom. The number of fused-ring (bicyclic) bond motifs is 1. The molecule has 2 unspecified atom stereocenters. The van der Waals surface area contributed by atoms with Crippen LogP contribution < -0.4 is 5.73 Å². The quantitative estimate of drug-likeness (QED) is 0.848. The van der Waals surface area contributed by atoms with Gasteiger partial charge in [-0.2, -0.15) is 0 Å². The van der Waals surface area contributed by atoms with Crippen molar-refractivity contribution in [3.05, 3.63) is 29.3 Å². The fourth-order valence-corrected chi connectivity index (χ4v) is 3.20. The lowest BCUT2D eigenvalue weighted by molar-refractivity contribution is -0.121. The van der Waals surface area contributed by atoms with E-state index in [1.807, 2.05) is 38.1 Å². The van der Waals surface area contributed by atoms with E-state index in [9.17, 15) is 4.79 Å². The molecule has 0 aliphatic rings. The number of Topliss-reactive ketones (excluding diaryl/α,β-unsaturated/α-hetero) is 1. The first-order valence-corrected chi connectivity index (χ1v) is 8.00. The fraction of sp³-hybridized carbons (Fsp3) is 0.500. The minimum absolute atomic E-state index is 0.0979. The van der Waals surface area contributed by atoms with Crippen molar-refractivity contribution in [2.45, 2.75) is 45.6 Å². The third kappa shape index (κ3) is 4.12. The van der Waals surface area contributed by atoms with Crippen molar-refractivity contribution in [2.75, 3.05) is 0 Å². The predicted octanol–water partition coefficient (Wildman–Crippen LogP) is 3.56. The lowest BCUT2D eigenvalue weighted by Crippen LogP contribution is -2.17. The number of hydrogen-bond donors (Lipinski definition) is 1. The number of nitrogens with two attached hydrogens (primary N) is 1. The number of rotatable bonds is 7. The monoisotopic (exact) mass is 290 g/mol. The lowest BCUT2D eigenvalue weighted by atomic mass is 9.96. The van der Waals surface area contributed by atoms with E-state index in [1.165, 1.54) is 0 Å². The highest BCUT2D eigenvalue weighted by Gasteiger charge is 2.15.